The van der Waals surface area contributed by atoms with Crippen molar-refractivity contribution in [1.29, 1.82) is 0 Å². The Bertz CT molecular complexity index is 143. The van der Waals surface area contributed by atoms with Gasteiger partial charge >= 0.3 is 0 Å². The van der Waals surface area contributed by atoms with E-state index in [9.17, 15) is 0 Å². The van der Waals surface area contributed by atoms with Gasteiger partial charge in [0.1, 0.15) is 0 Å². The number of rotatable bonds is 9. The maximum absolute atomic E-state index is 5.75. The first-order valence-corrected chi connectivity index (χ1v) is 6.18. The minimum absolute atomic E-state index is 0.155. The molecule has 0 aromatic carbocycles. The summed E-state index contributed by atoms with van der Waals surface area (Å²) in [6, 6.07) is 0. The summed E-state index contributed by atoms with van der Waals surface area (Å²) in [7, 11) is 1.73. The van der Waals surface area contributed by atoms with Crippen molar-refractivity contribution in [1.82, 2.24) is 0 Å². The van der Waals surface area contributed by atoms with E-state index < -0.39 is 0 Å². The van der Waals surface area contributed by atoms with E-state index in [-0.39, 0.29) is 5.60 Å². The molecule has 0 aromatic rings. The van der Waals surface area contributed by atoms with E-state index in [1.165, 1.54) is 32.1 Å². The zero-order valence-electron chi connectivity index (χ0n) is 11.1. The predicted octanol–water partition coefficient (Wildman–Crippen LogP) is 3.79. The molecule has 1 atom stereocenters. The van der Waals surface area contributed by atoms with Crippen LogP contribution in [0.25, 0.3) is 0 Å². The van der Waals surface area contributed by atoms with E-state index in [1.807, 2.05) is 0 Å². The Hall–Kier alpha value is -0.0800. The van der Waals surface area contributed by atoms with Crippen molar-refractivity contribution in [3.05, 3.63) is 0 Å². The third-order valence-electron chi connectivity index (χ3n) is 2.73. The summed E-state index contributed by atoms with van der Waals surface area (Å²) in [5.74, 6) is 0. The van der Waals surface area contributed by atoms with E-state index in [0.717, 1.165) is 0 Å². The Morgan fingerprint density at radius 2 is 1.80 bits per heavy atom. The molecule has 0 aliphatic heterocycles. The summed E-state index contributed by atoms with van der Waals surface area (Å²) in [4.78, 5) is 0. The first-order chi connectivity index (χ1) is 7.02. The molecule has 15 heavy (non-hydrogen) atoms. The normalized spacial score (nSPS) is 14.2. The van der Waals surface area contributed by atoms with Gasteiger partial charge in [0.25, 0.3) is 0 Å². The van der Waals surface area contributed by atoms with Crippen LogP contribution in [0.15, 0.2) is 0 Å². The van der Waals surface area contributed by atoms with Gasteiger partial charge in [0.15, 0.2) is 0 Å². The van der Waals surface area contributed by atoms with Crippen LogP contribution in [0.3, 0.4) is 0 Å². The van der Waals surface area contributed by atoms with Crippen molar-refractivity contribution >= 4 is 0 Å². The molecule has 0 N–H and O–H groups in total. The molecule has 1 unspecified atom stereocenters. The highest BCUT2D eigenvalue weighted by Crippen LogP contribution is 2.12. The van der Waals surface area contributed by atoms with Gasteiger partial charge in [0, 0.05) is 7.11 Å². The smallest absolute Gasteiger partial charge is 0.0855 e. The van der Waals surface area contributed by atoms with Gasteiger partial charge in [-0.05, 0) is 27.2 Å². The topological polar surface area (TPSA) is 18.5 Å². The van der Waals surface area contributed by atoms with E-state index in [4.69, 9.17) is 9.47 Å². The summed E-state index contributed by atoms with van der Waals surface area (Å²) >= 11 is 0. The molecule has 0 aromatic heterocycles. The fourth-order valence-corrected chi connectivity index (χ4v) is 1.34. The van der Waals surface area contributed by atoms with Gasteiger partial charge in [0.2, 0.25) is 0 Å². The van der Waals surface area contributed by atoms with E-state index in [0.29, 0.717) is 12.7 Å². The van der Waals surface area contributed by atoms with Crippen molar-refractivity contribution in [3.63, 3.8) is 0 Å². The van der Waals surface area contributed by atoms with E-state index in [2.05, 4.69) is 27.7 Å². The summed E-state index contributed by atoms with van der Waals surface area (Å²) in [5, 5.41) is 0. The molecule has 0 heterocycles. The van der Waals surface area contributed by atoms with Crippen LogP contribution in [0.2, 0.25) is 0 Å². The number of hydrogen-bond donors (Lipinski definition) is 0. The van der Waals surface area contributed by atoms with Crippen LogP contribution in [-0.2, 0) is 9.47 Å². The van der Waals surface area contributed by atoms with Crippen LogP contribution in [-0.4, -0.2) is 25.4 Å². The zero-order chi connectivity index (χ0) is 11.7. The highest BCUT2D eigenvalue weighted by atomic mass is 16.5. The van der Waals surface area contributed by atoms with Gasteiger partial charge in [-0.3, -0.25) is 0 Å². The Balaban J connectivity index is 3.44. The largest absolute Gasteiger partial charge is 0.376 e. The Kier molecular flexibility index (Phi) is 8.07. The molecule has 0 fully saturated rings. The average molecular weight is 216 g/mol. The van der Waals surface area contributed by atoms with E-state index >= 15 is 0 Å². The lowest BCUT2D eigenvalue weighted by molar-refractivity contribution is -0.0727. The van der Waals surface area contributed by atoms with Crippen LogP contribution in [0.5, 0.6) is 0 Å². The molecular formula is C13H28O2. The standard InChI is InChI=1S/C13H28O2/c1-6-7-8-9-10-12(2)15-11-13(3,4)14-5/h12H,6-11H2,1-5H3. The first kappa shape index (κ1) is 14.9. The number of methoxy groups -OCH3 is 1. The number of ether oxygens (including phenoxy) is 2. The van der Waals surface area contributed by atoms with Gasteiger partial charge < -0.3 is 9.47 Å². The molecule has 0 aliphatic rings. The lowest BCUT2D eigenvalue weighted by Crippen LogP contribution is -2.31. The molecule has 2 nitrogen and oxygen atoms in total. The van der Waals surface area contributed by atoms with Crippen LogP contribution in [0.4, 0.5) is 0 Å². The van der Waals surface area contributed by atoms with Crippen LogP contribution in [0.1, 0.15) is 59.8 Å². The monoisotopic (exact) mass is 216 g/mol. The lowest BCUT2D eigenvalue weighted by Gasteiger charge is -2.25. The van der Waals surface area contributed by atoms with Crippen LogP contribution < -0.4 is 0 Å². The van der Waals surface area contributed by atoms with Crippen LogP contribution in [0, 0.1) is 0 Å². The minimum Gasteiger partial charge on any atom is -0.376 e. The average Bonchev–Trinajstić information content (AvgIpc) is 2.22. The highest BCUT2D eigenvalue weighted by molar-refractivity contribution is 4.67. The van der Waals surface area contributed by atoms with Crippen LogP contribution >= 0.6 is 0 Å². The second kappa shape index (κ2) is 8.12. The SMILES string of the molecule is CCCCCCC(C)OCC(C)(C)OC. The maximum atomic E-state index is 5.75. The van der Waals surface area contributed by atoms with Gasteiger partial charge in [0.05, 0.1) is 18.3 Å². The Labute approximate surface area is 95.3 Å². The van der Waals surface area contributed by atoms with Gasteiger partial charge in [-0.25, -0.2) is 0 Å². The van der Waals surface area contributed by atoms with Gasteiger partial charge in [-0.15, -0.1) is 0 Å². The van der Waals surface area contributed by atoms with Crippen molar-refractivity contribution < 1.29 is 9.47 Å². The molecule has 0 spiro atoms. The number of hydrogen-bond acceptors (Lipinski definition) is 2. The lowest BCUT2D eigenvalue weighted by atomic mass is 10.1. The van der Waals surface area contributed by atoms with Crippen molar-refractivity contribution in [2.24, 2.45) is 0 Å². The fourth-order valence-electron chi connectivity index (χ4n) is 1.34. The third-order valence-corrected chi connectivity index (χ3v) is 2.73. The van der Waals surface area contributed by atoms with Crippen molar-refractivity contribution in [2.75, 3.05) is 13.7 Å². The molecule has 0 bridgehead atoms. The number of unbranched alkanes of at least 4 members (excludes halogenated alkanes) is 3. The Morgan fingerprint density at radius 3 is 2.33 bits per heavy atom. The third kappa shape index (κ3) is 8.88. The fraction of sp³-hybridized carbons (Fsp3) is 1.00. The van der Waals surface area contributed by atoms with Crippen molar-refractivity contribution in [3.8, 4) is 0 Å². The maximum Gasteiger partial charge on any atom is 0.0855 e. The summed E-state index contributed by atoms with van der Waals surface area (Å²) < 4.78 is 11.1. The molecule has 92 valence electrons. The summed E-state index contributed by atoms with van der Waals surface area (Å²) in [6.07, 6.45) is 6.78. The molecule has 0 saturated heterocycles. The molecule has 0 amide bonds. The summed E-state index contributed by atoms with van der Waals surface area (Å²) in [6.45, 7) is 9.17. The molecule has 0 rings (SSSR count). The second-order valence-electron chi connectivity index (χ2n) is 4.93. The van der Waals surface area contributed by atoms with Gasteiger partial charge in [-0.2, -0.15) is 0 Å². The molecule has 0 aliphatic carbocycles. The van der Waals surface area contributed by atoms with E-state index in [1.54, 1.807) is 7.11 Å². The molecular weight excluding hydrogens is 188 g/mol. The van der Waals surface area contributed by atoms with Gasteiger partial charge in [-0.1, -0.05) is 32.6 Å². The zero-order valence-corrected chi connectivity index (χ0v) is 11.1. The van der Waals surface area contributed by atoms with Crippen molar-refractivity contribution in [2.45, 2.75) is 71.5 Å². The predicted molar refractivity (Wildman–Crippen MR) is 65.3 cm³/mol. The molecule has 2 heteroatoms. The summed E-state index contributed by atoms with van der Waals surface area (Å²) in [5.41, 5.74) is -0.155. The molecule has 0 radical (unpaired) electrons. The minimum atomic E-state index is -0.155. The quantitative estimate of drug-likeness (QED) is 0.546. The molecule has 0 saturated carbocycles. The first-order valence-electron chi connectivity index (χ1n) is 6.18. The second-order valence-corrected chi connectivity index (χ2v) is 4.93. The highest BCUT2D eigenvalue weighted by Gasteiger charge is 2.17. The Morgan fingerprint density at radius 1 is 1.13 bits per heavy atom.